The van der Waals surface area contributed by atoms with Gasteiger partial charge < -0.3 is 9.80 Å². The van der Waals surface area contributed by atoms with E-state index in [4.69, 9.17) is 4.98 Å². The number of anilines is 2. The number of rotatable bonds is 3. The molecule has 140 valence electrons. The lowest BCUT2D eigenvalue weighted by atomic mass is 10.2. The monoisotopic (exact) mass is 364 g/mol. The number of nitrogens with zero attached hydrogens (tertiary/aromatic N) is 6. The number of hydrogen-bond acceptors (Lipinski definition) is 6. The molecule has 3 aromatic rings. The first-order valence-electron chi connectivity index (χ1n) is 9.35. The highest BCUT2D eigenvalue weighted by Gasteiger charge is 2.21. The molecule has 0 aliphatic carbocycles. The van der Waals surface area contributed by atoms with Crippen molar-refractivity contribution in [1.82, 2.24) is 19.4 Å². The zero-order chi connectivity index (χ0) is 19.0. The number of piperazine rings is 1. The van der Waals surface area contributed by atoms with Crippen molar-refractivity contribution in [3.05, 3.63) is 58.4 Å². The Morgan fingerprint density at radius 2 is 1.59 bits per heavy atom. The average Bonchev–Trinajstić information content (AvgIpc) is 2.67. The van der Waals surface area contributed by atoms with E-state index in [1.165, 1.54) is 0 Å². The van der Waals surface area contributed by atoms with Crippen LogP contribution in [-0.2, 0) is 0 Å². The lowest BCUT2D eigenvalue weighted by molar-refractivity contribution is 0.635. The maximum Gasteiger partial charge on any atom is 0.259 e. The van der Waals surface area contributed by atoms with Gasteiger partial charge in [-0.3, -0.25) is 9.20 Å². The van der Waals surface area contributed by atoms with Gasteiger partial charge in [-0.1, -0.05) is 19.9 Å². The summed E-state index contributed by atoms with van der Waals surface area (Å²) in [5.41, 5.74) is 1.62. The quantitative estimate of drug-likeness (QED) is 0.710. The Morgan fingerprint density at radius 1 is 0.926 bits per heavy atom. The van der Waals surface area contributed by atoms with Crippen molar-refractivity contribution in [2.24, 2.45) is 0 Å². The van der Waals surface area contributed by atoms with Crippen LogP contribution in [0.15, 0.2) is 41.3 Å². The summed E-state index contributed by atoms with van der Waals surface area (Å²) >= 11 is 0. The van der Waals surface area contributed by atoms with E-state index in [1.807, 2.05) is 31.2 Å². The maximum absolute atomic E-state index is 12.3. The van der Waals surface area contributed by atoms with E-state index < -0.39 is 0 Å². The Balaban J connectivity index is 1.54. The zero-order valence-corrected chi connectivity index (χ0v) is 16.0. The third-order valence-electron chi connectivity index (χ3n) is 4.86. The van der Waals surface area contributed by atoms with Crippen molar-refractivity contribution in [3.8, 4) is 0 Å². The van der Waals surface area contributed by atoms with Crippen molar-refractivity contribution in [3.63, 3.8) is 0 Å². The minimum absolute atomic E-state index is 0.0500. The molecular formula is C20H24N6O. The van der Waals surface area contributed by atoms with Crippen molar-refractivity contribution >= 4 is 17.3 Å². The SMILES string of the molecule is Cc1cc(N2CCN(c3cc(=O)n4ccccc4n3)CC2)nc(C(C)C)n1. The molecule has 0 unspecified atom stereocenters. The smallest absolute Gasteiger partial charge is 0.259 e. The molecule has 7 nitrogen and oxygen atoms in total. The van der Waals surface area contributed by atoms with Gasteiger partial charge in [-0.25, -0.2) is 15.0 Å². The number of pyridine rings is 1. The number of aromatic nitrogens is 4. The van der Waals surface area contributed by atoms with Crippen LogP contribution in [-0.4, -0.2) is 45.5 Å². The normalized spacial score (nSPS) is 15.0. The summed E-state index contributed by atoms with van der Waals surface area (Å²) < 4.78 is 1.57. The van der Waals surface area contributed by atoms with Crippen molar-refractivity contribution in [2.45, 2.75) is 26.7 Å². The van der Waals surface area contributed by atoms with Gasteiger partial charge in [0.15, 0.2) is 0 Å². The van der Waals surface area contributed by atoms with Gasteiger partial charge in [0, 0.05) is 56.1 Å². The van der Waals surface area contributed by atoms with E-state index in [2.05, 4.69) is 33.6 Å². The van der Waals surface area contributed by atoms with Crippen LogP contribution in [0.5, 0.6) is 0 Å². The van der Waals surface area contributed by atoms with Gasteiger partial charge in [0.1, 0.15) is 23.1 Å². The Bertz CT molecular complexity index is 1020. The molecule has 1 aliphatic rings. The van der Waals surface area contributed by atoms with Gasteiger partial charge in [0.25, 0.3) is 5.56 Å². The fraction of sp³-hybridized carbons (Fsp3) is 0.400. The second-order valence-corrected chi connectivity index (χ2v) is 7.24. The molecule has 0 N–H and O–H groups in total. The molecule has 7 heteroatoms. The number of fused-ring (bicyclic) bond motifs is 1. The second kappa shape index (κ2) is 6.98. The maximum atomic E-state index is 12.3. The Morgan fingerprint density at radius 3 is 2.26 bits per heavy atom. The summed E-state index contributed by atoms with van der Waals surface area (Å²) in [6.45, 7) is 9.51. The molecule has 4 rings (SSSR count). The molecular weight excluding hydrogens is 340 g/mol. The fourth-order valence-electron chi connectivity index (χ4n) is 3.36. The minimum atomic E-state index is -0.0500. The first-order valence-corrected chi connectivity index (χ1v) is 9.35. The first-order chi connectivity index (χ1) is 13.0. The van der Waals surface area contributed by atoms with Crippen LogP contribution >= 0.6 is 0 Å². The van der Waals surface area contributed by atoms with Gasteiger partial charge in [-0.15, -0.1) is 0 Å². The molecule has 0 saturated carbocycles. The molecule has 1 saturated heterocycles. The molecule has 3 aromatic heterocycles. The summed E-state index contributed by atoms with van der Waals surface area (Å²) in [4.78, 5) is 30.7. The van der Waals surface area contributed by atoms with Crippen LogP contribution in [0.1, 0.15) is 31.3 Å². The molecule has 0 spiro atoms. The van der Waals surface area contributed by atoms with Crippen LogP contribution in [0.2, 0.25) is 0 Å². The predicted molar refractivity (Wildman–Crippen MR) is 107 cm³/mol. The Labute approximate surface area is 158 Å². The highest BCUT2D eigenvalue weighted by Crippen LogP contribution is 2.20. The van der Waals surface area contributed by atoms with Crippen LogP contribution in [0.25, 0.3) is 5.65 Å². The average molecular weight is 364 g/mol. The van der Waals surface area contributed by atoms with E-state index in [9.17, 15) is 4.79 Å². The van der Waals surface area contributed by atoms with Gasteiger partial charge in [-0.2, -0.15) is 0 Å². The summed E-state index contributed by atoms with van der Waals surface area (Å²) in [7, 11) is 0. The number of aryl methyl sites for hydroxylation is 1. The molecule has 27 heavy (non-hydrogen) atoms. The van der Waals surface area contributed by atoms with E-state index in [0.29, 0.717) is 11.6 Å². The molecule has 0 aromatic carbocycles. The topological polar surface area (TPSA) is 66.6 Å². The molecule has 1 aliphatic heterocycles. The van der Waals surface area contributed by atoms with Crippen molar-refractivity contribution in [2.75, 3.05) is 36.0 Å². The van der Waals surface area contributed by atoms with Gasteiger partial charge in [-0.05, 0) is 19.1 Å². The van der Waals surface area contributed by atoms with E-state index in [-0.39, 0.29) is 5.56 Å². The lowest BCUT2D eigenvalue weighted by Crippen LogP contribution is -2.47. The minimum Gasteiger partial charge on any atom is -0.353 e. The number of hydrogen-bond donors (Lipinski definition) is 0. The Hall–Kier alpha value is -2.96. The summed E-state index contributed by atoms with van der Waals surface area (Å²) in [5.74, 6) is 2.92. The summed E-state index contributed by atoms with van der Waals surface area (Å²) in [5, 5.41) is 0. The Kier molecular flexibility index (Phi) is 4.51. The second-order valence-electron chi connectivity index (χ2n) is 7.24. The predicted octanol–water partition coefficient (Wildman–Crippen LogP) is 2.24. The van der Waals surface area contributed by atoms with Gasteiger partial charge in [0.05, 0.1) is 0 Å². The van der Waals surface area contributed by atoms with E-state index >= 15 is 0 Å². The van der Waals surface area contributed by atoms with E-state index in [0.717, 1.165) is 49.3 Å². The standard InChI is InChI=1S/C20H24N6O/c1-14(2)20-21-15(3)12-17(23-20)24-8-10-25(11-9-24)18-13-19(27)26-7-5-4-6-16(26)22-18/h4-7,12-14H,8-11H2,1-3H3. The van der Waals surface area contributed by atoms with Crippen LogP contribution < -0.4 is 15.4 Å². The zero-order valence-electron chi connectivity index (χ0n) is 16.0. The third-order valence-corrected chi connectivity index (χ3v) is 4.86. The molecule has 1 fully saturated rings. The summed E-state index contributed by atoms with van der Waals surface area (Å²) in [6, 6.07) is 9.26. The van der Waals surface area contributed by atoms with Crippen LogP contribution in [0, 0.1) is 6.92 Å². The van der Waals surface area contributed by atoms with E-state index in [1.54, 1.807) is 16.7 Å². The highest BCUT2D eigenvalue weighted by molar-refractivity contribution is 5.50. The first kappa shape index (κ1) is 17.5. The molecule has 0 bridgehead atoms. The van der Waals surface area contributed by atoms with Crippen LogP contribution in [0.3, 0.4) is 0 Å². The molecule has 0 atom stereocenters. The molecule has 4 heterocycles. The van der Waals surface area contributed by atoms with Crippen LogP contribution in [0.4, 0.5) is 11.6 Å². The fourth-order valence-corrected chi connectivity index (χ4v) is 3.36. The largest absolute Gasteiger partial charge is 0.353 e. The molecule has 0 amide bonds. The lowest BCUT2D eigenvalue weighted by Gasteiger charge is -2.36. The summed E-state index contributed by atoms with van der Waals surface area (Å²) in [6.07, 6.45) is 1.75. The third kappa shape index (κ3) is 3.49. The molecule has 0 radical (unpaired) electrons. The highest BCUT2D eigenvalue weighted by atomic mass is 16.1. The van der Waals surface area contributed by atoms with Gasteiger partial charge >= 0.3 is 0 Å². The van der Waals surface area contributed by atoms with Crippen molar-refractivity contribution in [1.29, 1.82) is 0 Å². The van der Waals surface area contributed by atoms with Crippen molar-refractivity contribution < 1.29 is 0 Å². The van der Waals surface area contributed by atoms with Gasteiger partial charge in [0.2, 0.25) is 0 Å².